The fourth-order valence-electron chi connectivity index (χ4n) is 3.99. The van der Waals surface area contributed by atoms with Crippen molar-refractivity contribution < 1.29 is 19.4 Å². The predicted octanol–water partition coefficient (Wildman–Crippen LogP) is 3.21. The second-order valence-electron chi connectivity index (χ2n) is 6.57. The molecule has 1 amide bonds. The standard InChI is InChI=1S/C18H22ClNO4/c19-14-7-1-2-8-15(14)24-10-4-9-16(21)20-11-12-5-3-6-13(12)17(20)18(22)23/h1-2,7-8,12-13,17H,3-6,9-11H2,(H,22,23). The smallest absolute Gasteiger partial charge is 0.326 e. The monoisotopic (exact) mass is 351 g/mol. The van der Waals surface area contributed by atoms with Crippen LogP contribution in [-0.2, 0) is 9.59 Å². The molecule has 2 fully saturated rings. The second-order valence-corrected chi connectivity index (χ2v) is 6.97. The van der Waals surface area contributed by atoms with Gasteiger partial charge in [-0.3, -0.25) is 4.79 Å². The van der Waals surface area contributed by atoms with E-state index in [-0.39, 0.29) is 11.8 Å². The Balaban J connectivity index is 1.50. The Morgan fingerprint density at radius 3 is 2.83 bits per heavy atom. The van der Waals surface area contributed by atoms with Gasteiger partial charge in [0.2, 0.25) is 5.91 Å². The van der Waals surface area contributed by atoms with Crippen LogP contribution in [0.4, 0.5) is 0 Å². The van der Waals surface area contributed by atoms with E-state index in [0.29, 0.717) is 42.7 Å². The summed E-state index contributed by atoms with van der Waals surface area (Å²) in [6.07, 6.45) is 3.87. The van der Waals surface area contributed by atoms with Gasteiger partial charge in [0.25, 0.3) is 0 Å². The number of carboxylic acid groups (broad SMARTS) is 1. The van der Waals surface area contributed by atoms with Crippen LogP contribution in [-0.4, -0.2) is 41.1 Å². The summed E-state index contributed by atoms with van der Waals surface area (Å²) >= 11 is 6.01. The Labute approximate surface area is 146 Å². The molecule has 1 aliphatic heterocycles. The topological polar surface area (TPSA) is 66.8 Å². The number of amides is 1. The molecule has 5 nitrogen and oxygen atoms in total. The molecule has 0 radical (unpaired) electrons. The number of nitrogens with zero attached hydrogens (tertiary/aromatic N) is 1. The van der Waals surface area contributed by atoms with Crippen LogP contribution in [0.1, 0.15) is 32.1 Å². The molecular weight excluding hydrogens is 330 g/mol. The van der Waals surface area contributed by atoms with Gasteiger partial charge in [-0.2, -0.15) is 0 Å². The van der Waals surface area contributed by atoms with Crippen LogP contribution in [0.2, 0.25) is 5.02 Å². The molecule has 1 heterocycles. The van der Waals surface area contributed by atoms with E-state index in [4.69, 9.17) is 16.3 Å². The number of likely N-dealkylation sites (tertiary alicyclic amines) is 1. The molecule has 0 aromatic heterocycles. The lowest BCUT2D eigenvalue weighted by atomic mass is 9.94. The first-order valence-corrected chi connectivity index (χ1v) is 8.85. The van der Waals surface area contributed by atoms with Crippen molar-refractivity contribution in [3.63, 3.8) is 0 Å². The Bertz CT molecular complexity index is 621. The van der Waals surface area contributed by atoms with Gasteiger partial charge >= 0.3 is 5.97 Å². The van der Waals surface area contributed by atoms with E-state index in [1.54, 1.807) is 17.0 Å². The maximum absolute atomic E-state index is 12.5. The number of halogens is 1. The first-order valence-electron chi connectivity index (χ1n) is 8.47. The summed E-state index contributed by atoms with van der Waals surface area (Å²) in [6, 6.07) is 6.56. The zero-order valence-corrected chi connectivity index (χ0v) is 14.2. The molecule has 1 aromatic rings. The van der Waals surface area contributed by atoms with Crippen molar-refractivity contribution in [2.24, 2.45) is 11.8 Å². The Hall–Kier alpha value is -1.75. The summed E-state index contributed by atoms with van der Waals surface area (Å²) in [7, 11) is 0. The molecule has 3 atom stereocenters. The largest absolute Gasteiger partial charge is 0.492 e. The zero-order chi connectivity index (χ0) is 17.1. The number of benzene rings is 1. The van der Waals surface area contributed by atoms with Crippen molar-refractivity contribution in [2.45, 2.75) is 38.1 Å². The number of fused-ring (bicyclic) bond motifs is 1. The highest BCUT2D eigenvalue weighted by molar-refractivity contribution is 6.32. The van der Waals surface area contributed by atoms with Crippen LogP contribution in [0.25, 0.3) is 0 Å². The second kappa shape index (κ2) is 7.43. The zero-order valence-electron chi connectivity index (χ0n) is 13.5. The van der Waals surface area contributed by atoms with Gasteiger partial charge in [-0.25, -0.2) is 4.79 Å². The number of carboxylic acids is 1. The lowest BCUT2D eigenvalue weighted by Gasteiger charge is -2.24. The van der Waals surface area contributed by atoms with Crippen molar-refractivity contribution in [2.75, 3.05) is 13.2 Å². The predicted molar refractivity (Wildman–Crippen MR) is 90.1 cm³/mol. The molecule has 1 saturated carbocycles. The van der Waals surface area contributed by atoms with E-state index in [1.165, 1.54) is 0 Å². The van der Waals surface area contributed by atoms with Crippen molar-refractivity contribution in [1.29, 1.82) is 0 Å². The first-order chi connectivity index (χ1) is 11.6. The molecule has 0 spiro atoms. The van der Waals surface area contributed by atoms with E-state index in [1.807, 2.05) is 12.1 Å². The van der Waals surface area contributed by atoms with Crippen molar-refractivity contribution in [1.82, 2.24) is 4.90 Å². The molecule has 24 heavy (non-hydrogen) atoms. The highest BCUT2D eigenvalue weighted by Gasteiger charge is 2.49. The summed E-state index contributed by atoms with van der Waals surface area (Å²) in [5, 5.41) is 10.0. The third kappa shape index (κ3) is 3.51. The quantitative estimate of drug-likeness (QED) is 0.799. The molecule has 2 aliphatic rings. The average Bonchev–Trinajstić information content (AvgIpc) is 3.13. The van der Waals surface area contributed by atoms with Gasteiger partial charge in [0, 0.05) is 13.0 Å². The third-order valence-electron chi connectivity index (χ3n) is 5.09. The van der Waals surface area contributed by atoms with Gasteiger partial charge in [0.1, 0.15) is 11.8 Å². The minimum atomic E-state index is -0.870. The summed E-state index contributed by atoms with van der Waals surface area (Å²) < 4.78 is 5.58. The van der Waals surface area contributed by atoms with E-state index < -0.39 is 12.0 Å². The summed E-state index contributed by atoms with van der Waals surface area (Å²) in [5.74, 6) is 0.135. The minimum Gasteiger partial charge on any atom is -0.492 e. The van der Waals surface area contributed by atoms with E-state index >= 15 is 0 Å². The highest BCUT2D eigenvalue weighted by atomic mass is 35.5. The van der Waals surface area contributed by atoms with Gasteiger partial charge in [-0.1, -0.05) is 30.2 Å². The van der Waals surface area contributed by atoms with Gasteiger partial charge in [-0.05, 0) is 43.2 Å². The molecule has 1 saturated heterocycles. The van der Waals surface area contributed by atoms with Crippen LogP contribution in [0.5, 0.6) is 5.75 Å². The number of carbonyl (C=O) groups is 2. The summed E-state index contributed by atoms with van der Waals surface area (Å²) in [6.45, 7) is 0.972. The molecule has 3 unspecified atom stereocenters. The van der Waals surface area contributed by atoms with Gasteiger partial charge in [-0.15, -0.1) is 0 Å². The number of hydrogen-bond acceptors (Lipinski definition) is 3. The maximum atomic E-state index is 12.5. The molecule has 1 N–H and O–H groups in total. The number of rotatable bonds is 6. The maximum Gasteiger partial charge on any atom is 0.326 e. The molecule has 6 heteroatoms. The van der Waals surface area contributed by atoms with E-state index in [0.717, 1.165) is 19.3 Å². The summed E-state index contributed by atoms with van der Waals surface area (Å²) in [5.41, 5.74) is 0. The fourth-order valence-corrected chi connectivity index (χ4v) is 4.18. The highest BCUT2D eigenvalue weighted by Crippen LogP contribution is 2.42. The SMILES string of the molecule is O=C(O)C1C2CCCC2CN1C(=O)CCCOc1ccccc1Cl. The van der Waals surface area contributed by atoms with E-state index in [2.05, 4.69) is 0 Å². The summed E-state index contributed by atoms with van der Waals surface area (Å²) in [4.78, 5) is 25.6. The fraction of sp³-hybridized carbons (Fsp3) is 0.556. The normalized spacial score (nSPS) is 25.5. The van der Waals surface area contributed by atoms with Crippen molar-refractivity contribution in [3.05, 3.63) is 29.3 Å². The lowest BCUT2D eigenvalue weighted by Crippen LogP contribution is -2.43. The Kier molecular flexibility index (Phi) is 5.29. The van der Waals surface area contributed by atoms with Crippen LogP contribution < -0.4 is 4.74 Å². The number of aliphatic carboxylic acids is 1. The van der Waals surface area contributed by atoms with Gasteiger partial charge < -0.3 is 14.7 Å². The number of carbonyl (C=O) groups excluding carboxylic acids is 1. The van der Waals surface area contributed by atoms with Crippen LogP contribution in [0.15, 0.2) is 24.3 Å². The first kappa shape index (κ1) is 17.1. The van der Waals surface area contributed by atoms with Gasteiger partial charge in [0.15, 0.2) is 0 Å². The molecule has 3 rings (SSSR count). The number of para-hydroxylation sites is 1. The van der Waals surface area contributed by atoms with Crippen LogP contribution in [0, 0.1) is 11.8 Å². The third-order valence-corrected chi connectivity index (χ3v) is 5.41. The van der Waals surface area contributed by atoms with E-state index in [9.17, 15) is 14.7 Å². The van der Waals surface area contributed by atoms with Crippen molar-refractivity contribution >= 4 is 23.5 Å². The Morgan fingerprint density at radius 2 is 2.08 bits per heavy atom. The molecule has 1 aliphatic carbocycles. The van der Waals surface area contributed by atoms with Gasteiger partial charge in [0.05, 0.1) is 11.6 Å². The average molecular weight is 352 g/mol. The molecular formula is C18H22ClNO4. The molecule has 0 bridgehead atoms. The van der Waals surface area contributed by atoms with Crippen molar-refractivity contribution in [3.8, 4) is 5.75 Å². The number of ether oxygens (including phenoxy) is 1. The van der Waals surface area contributed by atoms with Crippen LogP contribution in [0.3, 0.4) is 0 Å². The van der Waals surface area contributed by atoms with Crippen LogP contribution >= 0.6 is 11.6 Å². The Morgan fingerprint density at radius 1 is 1.29 bits per heavy atom. The molecule has 130 valence electrons. The lowest BCUT2D eigenvalue weighted by molar-refractivity contribution is -0.149. The minimum absolute atomic E-state index is 0.0837. The molecule has 1 aromatic carbocycles. The number of hydrogen-bond donors (Lipinski definition) is 1.